The van der Waals surface area contributed by atoms with Crippen molar-refractivity contribution in [3.05, 3.63) is 69.0 Å². The van der Waals surface area contributed by atoms with Gasteiger partial charge in [-0.15, -0.1) is 0 Å². The van der Waals surface area contributed by atoms with Gasteiger partial charge in [-0.25, -0.2) is 4.39 Å². The first-order valence-electron chi connectivity index (χ1n) is 5.91. The van der Waals surface area contributed by atoms with E-state index in [0.29, 0.717) is 10.0 Å². The lowest BCUT2D eigenvalue weighted by Gasteiger charge is -2.21. The Bertz CT molecular complexity index is 547. The predicted molar refractivity (Wildman–Crippen MR) is 78.5 cm³/mol. The quantitative estimate of drug-likeness (QED) is 0.862. The average Bonchev–Trinajstić information content (AvgIpc) is 2.38. The molecular formula is C15H14Cl2FN. The molecule has 0 spiro atoms. The number of nitrogens with one attached hydrogen (secondary N) is 1. The van der Waals surface area contributed by atoms with Crippen molar-refractivity contribution in [2.24, 2.45) is 0 Å². The van der Waals surface area contributed by atoms with Crippen LogP contribution < -0.4 is 5.32 Å². The fourth-order valence-corrected chi connectivity index (χ4v) is 2.54. The summed E-state index contributed by atoms with van der Waals surface area (Å²) < 4.78 is 13.5. The van der Waals surface area contributed by atoms with Crippen molar-refractivity contribution in [3.63, 3.8) is 0 Å². The van der Waals surface area contributed by atoms with E-state index in [1.165, 1.54) is 12.1 Å². The van der Waals surface area contributed by atoms with Crippen molar-refractivity contribution < 1.29 is 4.39 Å². The van der Waals surface area contributed by atoms with Crippen LogP contribution in [0.4, 0.5) is 4.39 Å². The Labute approximate surface area is 122 Å². The molecule has 1 atom stereocenters. The van der Waals surface area contributed by atoms with E-state index < -0.39 is 0 Å². The summed E-state index contributed by atoms with van der Waals surface area (Å²) in [5.74, 6) is -0.265. The van der Waals surface area contributed by atoms with Gasteiger partial charge in [-0.2, -0.15) is 0 Å². The van der Waals surface area contributed by atoms with Crippen LogP contribution in [0, 0.1) is 12.7 Å². The van der Waals surface area contributed by atoms with E-state index in [0.717, 1.165) is 16.7 Å². The summed E-state index contributed by atoms with van der Waals surface area (Å²) in [6, 6.07) is 9.82. The third-order valence-corrected chi connectivity index (χ3v) is 3.69. The van der Waals surface area contributed by atoms with Gasteiger partial charge in [0.15, 0.2) is 0 Å². The third-order valence-electron chi connectivity index (χ3n) is 3.11. The van der Waals surface area contributed by atoms with Crippen molar-refractivity contribution in [1.82, 2.24) is 5.32 Å². The second-order valence-corrected chi connectivity index (χ2v) is 5.23. The summed E-state index contributed by atoms with van der Waals surface area (Å²) in [4.78, 5) is 0. The Morgan fingerprint density at radius 1 is 1.05 bits per heavy atom. The maximum Gasteiger partial charge on any atom is 0.123 e. The van der Waals surface area contributed by atoms with E-state index in [9.17, 15) is 4.39 Å². The fourth-order valence-electron chi connectivity index (χ4n) is 2.14. The molecule has 0 heterocycles. The summed E-state index contributed by atoms with van der Waals surface area (Å²) in [6.07, 6.45) is 0. The van der Waals surface area contributed by atoms with Crippen LogP contribution in [0.15, 0.2) is 36.4 Å². The Kier molecular flexibility index (Phi) is 4.46. The molecule has 0 radical (unpaired) electrons. The highest BCUT2D eigenvalue weighted by molar-refractivity contribution is 6.33. The largest absolute Gasteiger partial charge is 0.309 e. The van der Waals surface area contributed by atoms with Gasteiger partial charge in [0.05, 0.1) is 6.04 Å². The normalized spacial score (nSPS) is 12.5. The van der Waals surface area contributed by atoms with Crippen LogP contribution in [0.1, 0.15) is 22.7 Å². The van der Waals surface area contributed by atoms with Gasteiger partial charge in [0.25, 0.3) is 0 Å². The van der Waals surface area contributed by atoms with Gasteiger partial charge in [0, 0.05) is 10.0 Å². The minimum Gasteiger partial charge on any atom is -0.309 e. The Hall–Kier alpha value is -1.09. The van der Waals surface area contributed by atoms with E-state index in [4.69, 9.17) is 23.2 Å². The highest BCUT2D eigenvalue weighted by atomic mass is 35.5. The predicted octanol–water partition coefficient (Wildman–Crippen LogP) is 4.75. The zero-order valence-electron chi connectivity index (χ0n) is 10.7. The molecule has 0 bridgehead atoms. The zero-order chi connectivity index (χ0) is 14.0. The summed E-state index contributed by atoms with van der Waals surface area (Å²) in [5.41, 5.74) is 2.69. The molecule has 0 saturated heterocycles. The van der Waals surface area contributed by atoms with Gasteiger partial charge in [-0.05, 0) is 61.0 Å². The first-order chi connectivity index (χ1) is 9.02. The Morgan fingerprint density at radius 2 is 1.79 bits per heavy atom. The maximum atomic E-state index is 13.5. The molecule has 1 unspecified atom stereocenters. The average molecular weight is 298 g/mol. The van der Waals surface area contributed by atoms with Gasteiger partial charge in [0.2, 0.25) is 0 Å². The van der Waals surface area contributed by atoms with E-state index in [-0.39, 0.29) is 11.9 Å². The smallest absolute Gasteiger partial charge is 0.123 e. The molecule has 100 valence electrons. The minimum absolute atomic E-state index is 0.193. The van der Waals surface area contributed by atoms with Crippen LogP contribution in [0.2, 0.25) is 10.0 Å². The summed E-state index contributed by atoms with van der Waals surface area (Å²) in [5, 5.41) is 4.37. The zero-order valence-corrected chi connectivity index (χ0v) is 12.2. The van der Waals surface area contributed by atoms with Crippen molar-refractivity contribution in [2.45, 2.75) is 13.0 Å². The SMILES string of the molecule is CNC(c1cc(F)ccc1C)c1cc(Cl)ccc1Cl. The molecule has 0 aliphatic heterocycles. The highest BCUT2D eigenvalue weighted by Crippen LogP contribution is 2.32. The molecule has 1 nitrogen and oxygen atoms in total. The molecule has 2 rings (SSSR count). The second kappa shape index (κ2) is 5.91. The Balaban J connectivity index is 2.55. The highest BCUT2D eigenvalue weighted by Gasteiger charge is 2.18. The first-order valence-corrected chi connectivity index (χ1v) is 6.66. The molecule has 19 heavy (non-hydrogen) atoms. The van der Waals surface area contributed by atoms with Crippen LogP contribution in [0.5, 0.6) is 0 Å². The van der Waals surface area contributed by atoms with Crippen molar-refractivity contribution in [1.29, 1.82) is 0 Å². The molecule has 1 N–H and O–H groups in total. The van der Waals surface area contributed by atoms with Crippen LogP contribution in [-0.2, 0) is 0 Å². The maximum absolute atomic E-state index is 13.5. The molecule has 4 heteroatoms. The van der Waals surface area contributed by atoms with Crippen LogP contribution in [0.25, 0.3) is 0 Å². The minimum atomic E-state index is -0.265. The number of benzene rings is 2. The number of aryl methyl sites for hydroxylation is 1. The van der Waals surface area contributed by atoms with Gasteiger partial charge in [0.1, 0.15) is 5.82 Å². The van der Waals surface area contributed by atoms with E-state index in [1.54, 1.807) is 24.3 Å². The molecule has 0 saturated carbocycles. The van der Waals surface area contributed by atoms with E-state index >= 15 is 0 Å². The fraction of sp³-hybridized carbons (Fsp3) is 0.200. The molecule has 0 amide bonds. The molecule has 2 aromatic carbocycles. The topological polar surface area (TPSA) is 12.0 Å². The van der Waals surface area contributed by atoms with Gasteiger partial charge >= 0.3 is 0 Å². The molecule has 0 aliphatic rings. The van der Waals surface area contributed by atoms with Gasteiger partial charge in [-0.3, -0.25) is 0 Å². The van der Waals surface area contributed by atoms with Crippen LogP contribution >= 0.6 is 23.2 Å². The molecular weight excluding hydrogens is 284 g/mol. The number of hydrogen-bond acceptors (Lipinski definition) is 1. The van der Waals surface area contributed by atoms with E-state index in [1.807, 2.05) is 14.0 Å². The summed E-state index contributed by atoms with van der Waals surface area (Å²) in [6.45, 7) is 1.94. The molecule has 0 aliphatic carbocycles. The lowest BCUT2D eigenvalue weighted by molar-refractivity contribution is 0.615. The number of halogens is 3. The summed E-state index contributed by atoms with van der Waals surface area (Å²) >= 11 is 12.2. The third kappa shape index (κ3) is 3.08. The van der Waals surface area contributed by atoms with E-state index in [2.05, 4.69) is 5.32 Å². The first kappa shape index (κ1) is 14.3. The second-order valence-electron chi connectivity index (χ2n) is 4.39. The van der Waals surface area contributed by atoms with Gasteiger partial charge < -0.3 is 5.32 Å². The van der Waals surface area contributed by atoms with Crippen molar-refractivity contribution in [3.8, 4) is 0 Å². The van der Waals surface area contributed by atoms with Gasteiger partial charge in [-0.1, -0.05) is 29.3 Å². The monoisotopic (exact) mass is 297 g/mol. The van der Waals surface area contributed by atoms with Crippen molar-refractivity contribution >= 4 is 23.2 Å². The number of rotatable bonds is 3. The molecule has 0 fully saturated rings. The Morgan fingerprint density at radius 3 is 2.47 bits per heavy atom. The molecule has 2 aromatic rings. The lowest BCUT2D eigenvalue weighted by Crippen LogP contribution is -2.19. The lowest BCUT2D eigenvalue weighted by atomic mass is 9.95. The molecule has 0 aromatic heterocycles. The summed E-state index contributed by atoms with van der Waals surface area (Å²) in [7, 11) is 1.81. The van der Waals surface area contributed by atoms with Crippen molar-refractivity contribution in [2.75, 3.05) is 7.05 Å². The van der Waals surface area contributed by atoms with Crippen LogP contribution in [0.3, 0.4) is 0 Å². The standard InChI is InChI=1S/C15H14Cl2FN/c1-9-3-5-11(18)8-12(9)15(19-2)13-7-10(16)4-6-14(13)17/h3-8,15,19H,1-2H3. The number of hydrogen-bond donors (Lipinski definition) is 1. The van der Waals surface area contributed by atoms with Crippen LogP contribution in [-0.4, -0.2) is 7.05 Å².